The normalized spacial score (nSPS) is 15.9. The average molecular weight is 173 g/mol. The molecule has 0 saturated carbocycles. The van der Waals surface area contributed by atoms with Gasteiger partial charge in [0.2, 0.25) is 0 Å². The minimum atomic E-state index is 0.243. The van der Waals surface area contributed by atoms with Gasteiger partial charge in [-0.25, -0.2) is 5.32 Å². The van der Waals surface area contributed by atoms with E-state index < -0.39 is 0 Å². The van der Waals surface area contributed by atoms with Crippen molar-refractivity contribution in [2.75, 3.05) is 13.1 Å². The number of rotatable bonds is 2. The highest BCUT2D eigenvalue weighted by Crippen LogP contribution is 2.14. The summed E-state index contributed by atoms with van der Waals surface area (Å²) in [5.74, 6) is 0.818. The zero-order valence-corrected chi connectivity index (χ0v) is 7.10. The highest BCUT2D eigenvalue weighted by molar-refractivity contribution is 5.34. The first-order valence-corrected chi connectivity index (χ1v) is 4.18. The quantitative estimate of drug-likeness (QED) is 0.667. The second-order valence-corrected chi connectivity index (χ2v) is 2.96. The minimum absolute atomic E-state index is 0.243. The van der Waals surface area contributed by atoms with Crippen LogP contribution in [0.1, 0.15) is 5.56 Å². The van der Waals surface area contributed by atoms with E-state index in [-0.39, 0.29) is 6.10 Å². The largest absolute Gasteiger partial charge is 0.488 e. The molecule has 65 valence electrons. The molecule has 1 saturated heterocycles. The van der Waals surface area contributed by atoms with Crippen molar-refractivity contribution in [3.05, 3.63) is 29.8 Å². The highest BCUT2D eigenvalue weighted by Gasteiger charge is 2.19. The van der Waals surface area contributed by atoms with Gasteiger partial charge in [0, 0.05) is 0 Å². The Hall–Kier alpha value is -1.53. The maximum atomic E-state index is 8.56. The number of ether oxygens (including phenoxy) is 1. The monoisotopic (exact) mass is 173 g/mol. The van der Waals surface area contributed by atoms with Crippen LogP contribution in [0, 0.1) is 11.3 Å². The Morgan fingerprint density at radius 1 is 1.31 bits per heavy atom. The standard InChI is InChI=1S/C10H9N2O/c11-5-8-1-3-9(4-2-8)13-10-6-12-7-10/h1-4,10H,6-7H2. The number of hydrogen-bond acceptors (Lipinski definition) is 2. The van der Waals surface area contributed by atoms with Crippen LogP contribution in [0.4, 0.5) is 0 Å². The summed E-state index contributed by atoms with van der Waals surface area (Å²) in [5.41, 5.74) is 0.658. The molecule has 13 heavy (non-hydrogen) atoms. The molecular weight excluding hydrogens is 164 g/mol. The molecule has 0 amide bonds. The molecule has 0 aromatic heterocycles. The molecule has 3 heteroatoms. The van der Waals surface area contributed by atoms with E-state index in [1.54, 1.807) is 12.1 Å². The van der Waals surface area contributed by atoms with E-state index in [9.17, 15) is 0 Å². The summed E-state index contributed by atoms with van der Waals surface area (Å²) >= 11 is 0. The molecule has 0 spiro atoms. The van der Waals surface area contributed by atoms with Crippen LogP contribution in [0.3, 0.4) is 0 Å². The summed E-state index contributed by atoms with van der Waals surface area (Å²) in [6.07, 6.45) is 0.243. The van der Waals surface area contributed by atoms with Gasteiger partial charge >= 0.3 is 0 Å². The van der Waals surface area contributed by atoms with Crippen molar-refractivity contribution in [2.45, 2.75) is 6.10 Å². The van der Waals surface area contributed by atoms with Crippen molar-refractivity contribution in [1.82, 2.24) is 5.32 Å². The zero-order valence-electron chi connectivity index (χ0n) is 7.10. The Morgan fingerprint density at radius 3 is 2.46 bits per heavy atom. The maximum Gasteiger partial charge on any atom is 0.127 e. The molecule has 1 fully saturated rings. The van der Waals surface area contributed by atoms with Gasteiger partial charge in [0.05, 0.1) is 24.7 Å². The first-order valence-electron chi connectivity index (χ1n) is 4.18. The van der Waals surface area contributed by atoms with Crippen molar-refractivity contribution in [1.29, 1.82) is 5.26 Å². The van der Waals surface area contributed by atoms with Crippen molar-refractivity contribution < 1.29 is 4.74 Å². The van der Waals surface area contributed by atoms with Gasteiger partial charge in [-0.1, -0.05) is 0 Å². The van der Waals surface area contributed by atoms with Gasteiger partial charge in [-0.3, -0.25) is 0 Å². The number of hydrogen-bond donors (Lipinski definition) is 0. The van der Waals surface area contributed by atoms with E-state index in [1.165, 1.54) is 0 Å². The summed E-state index contributed by atoms with van der Waals surface area (Å²) in [5, 5.41) is 12.6. The van der Waals surface area contributed by atoms with Gasteiger partial charge in [-0.15, -0.1) is 0 Å². The third-order valence-electron chi connectivity index (χ3n) is 1.95. The molecule has 1 aliphatic heterocycles. The lowest BCUT2D eigenvalue weighted by atomic mass is 10.2. The Labute approximate surface area is 76.9 Å². The summed E-state index contributed by atoms with van der Waals surface area (Å²) in [6, 6.07) is 9.20. The molecule has 2 rings (SSSR count). The Morgan fingerprint density at radius 2 is 2.00 bits per heavy atom. The molecule has 0 bridgehead atoms. The molecule has 1 aliphatic rings. The minimum Gasteiger partial charge on any atom is -0.488 e. The summed E-state index contributed by atoms with van der Waals surface area (Å²) < 4.78 is 5.55. The second-order valence-electron chi connectivity index (χ2n) is 2.96. The SMILES string of the molecule is N#Cc1ccc(OC2C[N]C2)cc1. The van der Waals surface area contributed by atoms with Crippen LogP contribution in [0.5, 0.6) is 5.75 Å². The zero-order chi connectivity index (χ0) is 9.10. The smallest absolute Gasteiger partial charge is 0.127 e. The van der Waals surface area contributed by atoms with E-state index in [2.05, 4.69) is 11.4 Å². The van der Waals surface area contributed by atoms with Crippen molar-refractivity contribution in [3.8, 4) is 11.8 Å². The molecule has 0 atom stereocenters. The molecule has 3 nitrogen and oxygen atoms in total. The molecule has 1 aromatic carbocycles. The predicted molar refractivity (Wildman–Crippen MR) is 47.4 cm³/mol. The van der Waals surface area contributed by atoms with E-state index in [0.717, 1.165) is 18.8 Å². The molecule has 0 unspecified atom stereocenters. The lowest BCUT2D eigenvalue weighted by molar-refractivity contribution is 0.139. The van der Waals surface area contributed by atoms with Gasteiger partial charge in [0.25, 0.3) is 0 Å². The average Bonchev–Trinajstić information content (AvgIpc) is 2.12. The van der Waals surface area contributed by atoms with Crippen LogP contribution < -0.4 is 10.1 Å². The molecule has 1 aromatic rings. The maximum absolute atomic E-state index is 8.56. The Kier molecular flexibility index (Phi) is 2.15. The van der Waals surface area contributed by atoms with E-state index in [1.807, 2.05) is 12.1 Å². The summed E-state index contributed by atoms with van der Waals surface area (Å²) in [7, 11) is 0. The summed E-state index contributed by atoms with van der Waals surface area (Å²) in [4.78, 5) is 0. The van der Waals surface area contributed by atoms with Gasteiger partial charge in [0.1, 0.15) is 11.9 Å². The lowest BCUT2D eigenvalue weighted by Gasteiger charge is -2.25. The van der Waals surface area contributed by atoms with E-state index in [0.29, 0.717) is 5.56 Å². The molecule has 1 radical (unpaired) electrons. The van der Waals surface area contributed by atoms with Gasteiger partial charge < -0.3 is 4.74 Å². The van der Waals surface area contributed by atoms with E-state index in [4.69, 9.17) is 10.00 Å². The lowest BCUT2D eigenvalue weighted by Crippen LogP contribution is -2.45. The van der Waals surface area contributed by atoms with Gasteiger partial charge in [0.15, 0.2) is 0 Å². The third-order valence-corrected chi connectivity index (χ3v) is 1.95. The fourth-order valence-electron chi connectivity index (χ4n) is 1.11. The van der Waals surface area contributed by atoms with Gasteiger partial charge in [-0.05, 0) is 24.3 Å². The van der Waals surface area contributed by atoms with Crippen LogP contribution >= 0.6 is 0 Å². The van der Waals surface area contributed by atoms with Crippen molar-refractivity contribution in [2.24, 2.45) is 0 Å². The van der Waals surface area contributed by atoms with Crippen LogP contribution in [-0.4, -0.2) is 19.2 Å². The third kappa shape index (κ3) is 1.79. The van der Waals surface area contributed by atoms with Crippen LogP contribution in [0.25, 0.3) is 0 Å². The fourth-order valence-corrected chi connectivity index (χ4v) is 1.11. The van der Waals surface area contributed by atoms with E-state index >= 15 is 0 Å². The van der Waals surface area contributed by atoms with Crippen molar-refractivity contribution >= 4 is 0 Å². The highest BCUT2D eigenvalue weighted by atomic mass is 16.5. The number of benzene rings is 1. The first-order chi connectivity index (χ1) is 6.38. The van der Waals surface area contributed by atoms with Crippen LogP contribution in [0.2, 0.25) is 0 Å². The van der Waals surface area contributed by atoms with Gasteiger partial charge in [-0.2, -0.15) is 5.26 Å². The Bertz CT molecular complexity index is 322. The topological polar surface area (TPSA) is 47.1 Å². The van der Waals surface area contributed by atoms with Crippen molar-refractivity contribution in [3.63, 3.8) is 0 Å². The first kappa shape index (κ1) is 8.09. The Balaban J connectivity index is 2.01. The van der Waals surface area contributed by atoms with Crippen LogP contribution in [0.15, 0.2) is 24.3 Å². The fraction of sp³-hybridized carbons (Fsp3) is 0.300. The molecule has 1 heterocycles. The number of nitrogens with zero attached hydrogens (tertiary/aromatic N) is 2. The predicted octanol–water partition coefficient (Wildman–Crippen LogP) is 0.924. The molecular formula is C10H9N2O. The molecule has 0 aliphatic carbocycles. The second kappa shape index (κ2) is 3.46. The summed E-state index contributed by atoms with van der Waals surface area (Å²) in [6.45, 7) is 1.58. The molecule has 0 N–H and O–H groups in total. The van der Waals surface area contributed by atoms with Crippen LogP contribution in [-0.2, 0) is 0 Å². The number of nitriles is 1.